The molecule has 7 heteroatoms. The second-order valence-electron chi connectivity index (χ2n) is 4.47. The Hall–Kier alpha value is -1.05. The SMILES string of the molecule is CCC(N)(CC)CNS(=O)(=O)c1ccc(F)cc1F. The lowest BCUT2D eigenvalue weighted by atomic mass is 9.95. The van der Waals surface area contributed by atoms with Crippen molar-refractivity contribution in [3.63, 3.8) is 0 Å². The van der Waals surface area contributed by atoms with Gasteiger partial charge in [-0.25, -0.2) is 21.9 Å². The van der Waals surface area contributed by atoms with Gasteiger partial charge >= 0.3 is 0 Å². The Labute approximate surface area is 112 Å². The van der Waals surface area contributed by atoms with Gasteiger partial charge in [-0.2, -0.15) is 0 Å². The lowest BCUT2D eigenvalue weighted by molar-refractivity contribution is 0.391. The fourth-order valence-corrected chi connectivity index (χ4v) is 2.71. The summed E-state index contributed by atoms with van der Waals surface area (Å²) >= 11 is 0. The highest BCUT2D eigenvalue weighted by Crippen LogP contribution is 2.17. The molecule has 0 fully saturated rings. The van der Waals surface area contributed by atoms with Gasteiger partial charge in [0.15, 0.2) is 0 Å². The zero-order valence-electron chi connectivity index (χ0n) is 10.9. The van der Waals surface area contributed by atoms with Crippen molar-refractivity contribution in [1.82, 2.24) is 4.72 Å². The number of benzene rings is 1. The molecule has 0 unspecified atom stereocenters. The monoisotopic (exact) mass is 292 g/mol. The van der Waals surface area contributed by atoms with Crippen LogP contribution in [0, 0.1) is 11.6 Å². The van der Waals surface area contributed by atoms with Gasteiger partial charge in [0.2, 0.25) is 10.0 Å². The van der Waals surface area contributed by atoms with Crippen LogP contribution in [0.1, 0.15) is 26.7 Å². The van der Waals surface area contributed by atoms with Crippen molar-refractivity contribution in [2.24, 2.45) is 5.73 Å². The maximum Gasteiger partial charge on any atom is 0.243 e. The van der Waals surface area contributed by atoms with E-state index >= 15 is 0 Å². The lowest BCUT2D eigenvalue weighted by Crippen LogP contribution is -2.49. The zero-order valence-corrected chi connectivity index (χ0v) is 11.7. The van der Waals surface area contributed by atoms with E-state index in [2.05, 4.69) is 4.72 Å². The summed E-state index contributed by atoms with van der Waals surface area (Å²) in [6.45, 7) is 3.69. The Morgan fingerprint density at radius 2 is 1.84 bits per heavy atom. The standard InChI is InChI=1S/C12H18F2N2O2S/c1-3-12(15,4-2)8-16-19(17,18)11-6-5-9(13)7-10(11)14/h5-7,16H,3-4,8,15H2,1-2H3. The molecule has 4 nitrogen and oxygen atoms in total. The minimum absolute atomic E-state index is 0.000843. The van der Waals surface area contributed by atoms with Gasteiger partial charge in [-0.15, -0.1) is 0 Å². The molecule has 0 amide bonds. The lowest BCUT2D eigenvalue weighted by Gasteiger charge is -2.26. The molecule has 1 aromatic carbocycles. The first kappa shape index (κ1) is 16.0. The molecule has 0 saturated carbocycles. The van der Waals surface area contributed by atoms with E-state index in [0.717, 1.165) is 12.1 Å². The summed E-state index contributed by atoms with van der Waals surface area (Å²) in [6.07, 6.45) is 1.16. The summed E-state index contributed by atoms with van der Waals surface area (Å²) in [5.41, 5.74) is 5.29. The predicted octanol–water partition coefficient (Wildman–Crippen LogP) is 1.76. The van der Waals surface area contributed by atoms with E-state index in [0.29, 0.717) is 18.9 Å². The average Bonchev–Trinajstić information content (AvgIpc) is 2.35. The van der Waals surface area contributed by atoms with Crippen LogP contribution in [0.5, 0.6) is 0 Å². The van der Waals surface area contributed by atoms with Crippen LogP contribution < -0.4 is 10.5 Å². The van der Waals surface area contributed by atoms with E-state index < -0.39 is 32.1 Å². The Morgan fingerprint density at radius 1 is 1.26 bits per heavy atom. The van der Waals surface area contributed by atoms with Crippen LogP contribution in [0.4, 0.5) is 8.78 Å². The van der Waals surface area contributed by atoms with Gasteiger partial charge in [0, 0.05) is 18.2 Å². The zero-order chi connectivity index (χ0) is 14.7. The van der Waals surface area contributed by atoms with Gasteiger partial charge in [0.25, 0.3) is 0 Å². The number of halogens is 2. The summed E-state index contributed by atoms with van der Waals surface area (Å²) in [5.74, 6) is -1.95. The summed E-state index contributed by atoms with van der Waals surface area (Å²) < 4.78 is 52.3. The predicted molar refractivity (Wildman–Crippen MR) is 69.0 cm³/mol. The molecule has 0 radical (unpaired) electrons. The molecule has 0 atom stereocenters. The Bertz CT molecular complexity index is 543. The highest BCUT2D eigenvalue weighted by atomic mass is 32.2. The maximum atomic E-state index is 13.4. The van der Waals surface area contributed by atoms with E-state index in [1.165, 1.54) is 0 Å². The number of nitrogens with two attached hydrogens (primary N) is 1. The van der Waals surface area contributed by atoms with Gasteiger partial charge in [-0.1, -0.05) is 13.8 Å². The molecule has 1 aromatic rings. The van der Waals surface area contributed by atoms with Crippen molar-refractivity contribution in [3.05, 3.63) is 29.8 Å². The first-order valence-electron chi connectivity index (χ1n) is 5.97. The third-order valence-electron chi connectivity index (χ3n) is 3.21. The molecule has 0 aliphatic heterocycles. The minimum Gasteiger partial charge on any atom is -0.324 e. The van der Waals surface area contributed by atoms with Crippen LogP contribution in [-0.4, -0.2) is 20.5 Å². The highest BCUT2D eigenvalue weighted by molar-refractivity contribution is 7.89. The van der Waals surface area contributed by atoms with Crippen LogP contribution in [0.3, 0.4) is 0 Å². The van der Waals surface area contributed by atoms with E-state index in [1.807, 2.05) is 13.8 Å². The summed E-state index contributed by atoms with van der Waals surface area (Å²) in [4.78, 5) is -0.580. The molecule has 1 rings (SSSR count). The van der Waals surface area contributed by atoms with Gasteiger partial charge in [0.1, 0.15) is 16.5 Å². The number of hydrogen-bond acceptors (Lipinski definition) is 3. The number of nitrogens with one attached hydrogen (secondary N) is 1. The molecule has 0 aromatic heterocycles. The van der Waals surface area contributed by atoms with Crippen molar-refractivity contribution in [2.45, 2.75) is 37.1 Å². The molecular formula is C12H18F2N2O2S. The average molecular weight is 292 g/mol. The highest BCUT2D eigenvalue weighted by Gasteiger charge is 2.25. The molecule has 0 aliphatic rings. The Morgan fingerprint density at radius 3 is 2.32 bits per heavy atom. The number of rotatable bonds is 6. The van der Waals surface area contributed by atoms with E-state index in [1.54, 1.807) is 0 Å². The van der Waals surface area contributed by atoms with Gasteiger partial charge < -0.3 is 5.73 Å². The number of sulfonamides is 1. The summed E-state index contributed by atoms with van der Waals surface area (Å²) in [6, 6.07) is 2.32. The van der Waals surface area contributed by atoms with Crippen LogP contribution in [0.25, 0.3) is 0 Å². The third-order valence-corrected chi connectivity index (χ3v) is 4.64. The molecule has 108 valence electrons. The van der Waals surface area contributed by atoms with E-state index in [4.69, 9.17) is 5.73 Å². The van der Waals surface area contributed by atoms with Crippen molar-refractivity contribution in [1.29, 1.82) is 0 Å². The Kier molecular flexibility index (Phi) is 5.00. The van der Waals surface area contributed by atoms with Crippen LogP contribution in [0.15, 0.2) is 23.1 Å². The van der Waals surface area contributed by atoms with Crippen LogP contribution in [0.2, 0.25) is 0 Å². The third kappa shape index (κ3) is 3.95. The fourth-order valence-electron chi connectivity index (χ4n) is 1.51. The summed E-state index contributed by atoms with van der Waals surface area (Å²) in [5, 5.41) is 0. The molecule has 0 spiro atoms. The molecule has 3 N–H and O–H groups in total. The molecule has 19 heavy (non-hydrogen) atoms. The van der Waals surface area contributed by atoms with Crippen LogP contribution in [-0.2, 0) is 10.0 Å². The van der Waals surface area contributed by atoms with Gasteiger partial charge in [-0.05, 0) is 25.0 Å². The topological polar surface area (TPSA) is 72.2 Å². The van der Waals surface area contributed by atoms with Crippen LogP contribution >= 0.6 is 0 Å². The second-order valence-corrected chi connectivity index (χ2v) is 6.20. The first-order valence-corrected chi connectivity index (χ1v) is 7.46. The second kappa shape index (κ2) is 5.94. The molecule has 0 saturated heterocycles. The summed E-state index contributed by atoms with van der Waals surface area (Å²) in [7, 11) is -4.03. The fraction of sp³-hybridized carbons (Fsp3) is 0.500. The largest absolute Gasteiger partial charge is 0.324 e. The van der Waals surface area contributed by atoms with Gasteiger partial charge in [-0.3, -0.25) is 0 Å². The van der Waals surface area contributed by atoms with E-state index in [-0.39, 0.29) is 6.54 Å². The minimum atomic E-state index is -4.03. The van der Waals surface area contributed by atoms with E-state index in [9.17, 15) is 17.2 Å². The van der Waals surface area contributed by atoms with Crippen molar-refractivity contribution < 1.29 is 17.2 Å². The molecule has 0 bridgehead atoms. The van der Waals surface area contributed by atoms with Gasteiger partial charge in [0.05, 0.1) is 0 Å². The molecular weight excluding hydrogens is 274 g/mol. The van der Waals surface area contributed by atoms with Crippen molar-refractivity contribution >= 4 is 10.0 Å². The number of hydrogen-bond donors (Lipinski definition) is 2. The Balaban J connectivity index is 2.93. The molecule has 0 aliphatic carbocycles. The smallest absolute Gasteiger partial charge is 0.243 e. The molecule has 0 heterocycles. The quantitative estimate of drug-likeness (QED) is 0.839. The normalized spacial score (nSPS) is 12.7. The maximum absolute atomic E-state index is 13.4. The van der Waals surface area contributed by atoms with Crippen molar-refractivity contribution in [3.8, 4) is 0 Å². The first-order chi connectivity index (χ1) is 8.74. The van der Waals surface area contributed by atoms with Crippen molar-refractivity contribution in [2.75, 3.05) is 6.54 Å².